The molecule has 0 aromatic heterocycles. The molecule has 1 saturated heterocycles. The first kappa shape index (κ1) is 22.5. The maximum absolute atomic E-state index is 14.1. The first-order valence-electron chi connectivity index (χ1n) is 11.1. The van der Waals surface area contributed by atoms with E-state index < -0.39 is 0 Å². The minimum atomic E-state index is -0.278. The standard InChI is InChI=1S/C25H30ClFN4O/c1-5-31-22-9-7-18(27)12-16(22)13-21(20-14-17(26)6-8-23(20)31)28-19-10-11-30(15-19)24(32)29-25(2,3)4/h6-9,12-14,19,28H,5,10-11,15H2,1-4H3,(H,29,32)/t19-/m0/s1. The summed E-state index contributed by atoms with van der Waals surface area (Å²) in [4.78, 5) is 16.6. The number of hydrogen-bond acceptors (Lipinski definition) is 3. The number of amides is 2. The van der Waals surface area contributed by atoms with E-state index in [9.17, 15) is 9.18 Å². The SMILES string of the molecule is CCN1c2ccc(F)cc2C=C(N[C@H]2CCN(C(=O)NC(C)(C)C)C2)c2cc(Cl)ccc21. The molecule has 2 N–H and O–H groups in total. The van der Waals surface area contributed by atoms with E-state index in [1.165, 1.54) is 6.07 Å². The predicted molar refractivity (Wildman–Crippen MR) is 130 cm³/mol. The van der Waals surface area contributed by atoms with Crippen LogP contribution in [-0.2, 0) is 0 Å². The molecule has 2 aliphatic rings. The molecule has 2 aliphatic heterocycles. The molecule has 170 valence electrons. The fourth-order valence-corrected chi connectivity index (χ4v) is 4.52. The predicted octanol–water partition coefficient (Wildman–Crippen LogP) is 5.62. The third-order valence-corrected chi connectivity index (χ3v) is 5.99. The Bertz CT molecular complexity index is 1060. The number of halogens is 2. The lowest BCUT2D eigenvalue weighted by atomic mass is 10.1. The van der Waals surface area contributed by atoms with E-state index in [1.54, 1.807) is 6.07 Å². The van der Waals surface area contributed by atoms with Crippen LogP contribution in [0.4, 0.5) is 20.6 Å². The third kappa shape index (κ3) is 4.70. The zero-order valence-corrected chi connectivity index (χ0v) is 19.8. The van der Waals surface area contributed by atoms with Crippen molar-refractivity contribution in [1.82, 2.24) is 15.5 Å². The average Bonchev–Trinajstić information content (AvgIpc) is 3.13. The smallest absolute Gasteiger partial charge is 0.317 e. The van der Waals surface area contributed by atoms with Crippen molar-refractivity contribution in [3.8, 4) is 0 Å². The van der Waals surface area contributed by atoms with Gasteiger partial charge in [-0.25, -0.2) is 9.18 Å². The molecule has 2 aromatic rings. The second-order valence-electron chi connectivity index (χ2n) is 9.42. The van der Waals surface area contributed by atoms with Gasteiger partial charge in [-0.1, -0.05) is 11.6 Å². The molecule has 2 aromatic carbocycles. The zero-order chi connectivity index (χ0) is 23.0. The van der Waals surface area contributed by atoms with Crippen LogP contribution in [-0.4, -0.2) is 42.1 Å². The molecule has 0 bridgehead atoms. The fraction of sp³-hybridized carbons (Fsp3) is 0.400. The van der Waals surface area contributed by atoms with Gasteiger partial charge in [-0.05, 0) is 76.6 Å². The molecule has 2 heterocycles. The Kier molecular flexibility index (Phi) is 6.08. The minimum absolute atomic E-state index is 0.0512. The molecule has 0 unspecified atom stereocenters. The Morgan fingerprint density at radius 1 is 1.19 bits per heavy atom. The van der Waals surface area contributed by atoms with Gasteiger partial charge < -0.3 is 20.4 Å². The van der Waals surface area contributed by atoms with Gasteiger partial charge in [0.2, 0.25) is 0 Å². The van der Waals surface area contributed by atoms with Crippen LogP contribution in [0.1, 0.15) is 45.2 Å². The number of rotatable bonds is 3. The molecular formula is C25H30ClFN4O. The van der Waals surface area contributed by atoms with Gasteiger partial charge >= 0.3 is 6.03 Å². The maximum Gasteiger partial charge on any atom is 0.317 e. The summed E-state index contributed by atoms with van der Waals surface area (Å²) in [6.45, 7) is 10.0. The van der Waals surface area contributed by atoms with Crippen LogP contribution in [0.15, 0.2) is 36.4 Å². The van der Waals surface area contributed by atoms with Crippen LogP contribution < -0.4 is 15.5 Å². The number of hydrogen-bond donors (Lipinski definition) is 2. The van der Waals surface area contributed by atoms with E-state index in [0.29, 0.717) is 18.1 Å². The number of nitrogens with zero attached hydrogens (tertiary/aromatic N) is 2. The van der Waals surface area contributed by atoms with E-state index in [2.05, 4.69) is 22.5 Å². The summed E-state index contributed by atoms with van der Waals surface area (Å²) >= 11 is 6.37. The minimum Gasteiger partial charge on any atom is -0.380 e. The van der Waals surface area contributed by atoms with Gasteiger partial charge in [-0.15, -0.1) is 0 Å². The van der Waals surface area contributed by atoms with Crippen molar-refractivity contribution >= 4 is 40.8 Å². The molecular weight excluding hydrogens is 427 g/mol. The highest BCUT2D eigenvalue weighted by Crippen LogP contribution is 2.40. The third-order valence-electron chi connectivity index (χ3n) is 5.75. The quantitative estimate of drug-likeness (QED) is 0.630. The Balaban J connectivity index is 1.66. The van der Waals surface area contributed by atoms with Crippen LogP contribution in [0, 0.1) is 5.82 Å². The number of likely N-dealkylation sites (tertiary alicyclic amines) is 1. The number of fused-ring (bicyclic) bond motifs is 2. The Morgan fingerprint density at radius 2 is 1.94 bits per heavy atom. The molecule has 0 saturated carbocycles. The largest absolute Gasteiger partial charge is 0.380 e. The summed E-state index contributed by atoms with van der Waals surface area (Å²) in [7, 11) is 0. The number of nitrogens with one attached hydrogen (secondary N) is 2. The highest BCUT2D eigenvalue weighted by atomic mass is 35.5. The van der Waals surface area contributed by atoms with Crippen LogP contribution >= 0.6 is 11.6 Å². The van der Waals surface area contributed by atoms with Crippen LogP contribution in [0.5, 0.6) is 0 Å². The number of carbonyl (C=O) groups excluding carboxylic acids is 1. The van der Waals surface area contributed by atoms with Crippen molar-refractivity contribution in [1.29, 1.82) is 0 Å². The van der Waals surface area contributed by atoms with E-state index >= 15 is 0 Å². The van der Waals surface area contributed by atoms with Gasteiger partial charge in [0, 0.05) is 58.7 Å². The van der Waals surface area contributed by atoms with E-state index in [-0.39, 0.29) is 23.4 Å². The normalized spacial score (nSPS) is 17.9. The topological polar surface area (TPSA) is 47.6 Å². The summed E-state index contributed by atoms with van der Waals surface area (Å²) in [6, 6.07) is 10.7. The number of benzene rings is 2. The second kappa shape index (κ2) is 8.66. The second-order valence-corrected chi connectivity index (χ2v) is 9.86. The molecule has 2 amide bonds. The van der Waals surface area contributed by atoms with E-state index in [4.69, 9.17) is 11.6 Å². The molecule has 0 spiro atoms. The van der Waals surface area contributed by atoms with Gasteiger partial charge in [-0.3, -0.25) is 0 Å². The molecule has 1 fully saturated rings. The zero-order valence-electron chi connectivity index (χ0n) is 19.0. The van der Waals surface area contributed by atoms with Crippen molar-refractivity contribution in [2.24, 2.45) is 0 Å². The van der Waals surface area contributed by atoms with Crippen molar-refractivity contribution in [2.45, 2.75) is 45.7 Å². The summed E-state index contributed by atoms with van der Waals surface area (Å²) < 4.78 is 14.1. The molecule has 5 nitrogen and oxygen atoms in total. The van der Waals surface area contributed by atoms with E-state index in [0.717, 1.165) is 41.2 Å². The Labute approximate surface area is 194 Å². The summed E-state index contributed by atoms with van der Waals surface area (Å²) in [5.74, 6) is -0.273. The summed E-state index contributed by atoms with van der Waals surface area (Å²) in [5.41, 5.74) is 4.34. The van der Waals surface area contributed by atoms with Crippen molar-refractivity contribution in [2.75, 3.05) is 24.5 Å². The average molecular weight is 457 g/mol. The Morgan fingerprint density at radius 3 is 2.66 bits per heavy atom. The molecule has 4 rings (SSSR count). The van der Waals surface area contributed by atoms with Gasteiger partial charge in [0.1, 0.15) is 5.82 Å². The first-order valence-corrected chi connectivity index (χ1v) is 11.4. The van der Waals surface area contributed by atoms with E-state index in [1.807, 2.05) is 56.0 Å². The molecule has 7 heteroatoms. The summed E-state index contributed by atoms with van der Waals surface area (Å²) in [6.07, 6.45) is 2.82. The molecule has 0 radical (unpaired) electrons. The summed E-state index contributed by atoms with van der Waals surface area (Å²) in [5, 5.41) is 7.30. The molecule has 1 atom stereocenters. The Hall–Kier alpha value is -2.73. The molecule has 32 heavy (non-hydrogen) atoms. The number of urea groups is 1. The number of carbonyl (C=O) groups is 1. The monoisotopic (exact) mass is 456 g/mol. The lowest BCUT2D eigenvalue weighted by Crippen LogP contribution is -2.48. The number of anilines is 2. The van der Waals surface area contributed by atoms with Gasteiger partial charge in [0.25, 0.3) is 0 Å². The van der Waals surface area contributed by atoms with Crippen LogP contribution in [0.2, 0.25) is 5.02 Å². The van der Waals surface area contributed by atoms with Crippen molar-refractivity contribution < 1.29 is 9.18 Å². The highest BCUT2D eigenvalue weighted by Gasteiger charge is 2.30. The van der Waals surface area contributed by atoms with Crippen molar-refractivity contribution in [3.05, 3.63) is 58.4 Å². The van der Waals surface area contributed by atoms with Gasteiger partial charge in [-0.2, -0.15) is 0 Å². The van der Waals surface area contributed by atoms with Gasteiger partial charge in [0.05, 0.1) is 5.69 Å². The van der Waals surface area contributed by atoms with Gasteiger partial charge in [0.15, 0.2) is 0 Å². The van der Waals surface area contributed by atoms with Crippen molar-refractivity contribution in [3.63, 3.8) is 0 Å². The molecule has 0 aliphatic carbocycles. The fourth-order valence-electron chi connectivity index (χ4n) is 4.35. The van der Waals surface area contributed by atoms with Crippen LogP contribution in [0.25, 0.3) is 11.8 Å². The maximum atomic E-state index is 14.1. The lowest BCUT2D eigenvalue weighted by molar-refractivity contribution is 0.198. The van der Waals surface area contributed by atoms with Crippen LogP contribution in [0.3, 0.4) is 0 Å². The first-order chi connectivity index (χ1) is 15.1. The highest BCUT2D eigenvalue weighted by molar-refractivity contribution is 6.31. The lowest BCUT2D eigenvalue weighted by Gasteiger charge is -2.27.